The summed E-state index contributed by atoms with van der Waals surface area (Å²) in [7, 11) is 0. The highest BCUT2D eigenvalue weighted by atomic mass is 16.1. The van der Waals surface area contributed by atoms with Crippen molar-refractivity contribution in [1.29, 1.82) is 0 Å². The maximum Gasteiger partial charge on any atom is 0.257 e. The van der Waals surface area contributed by atoms with Crippen LogP contribution in [0.1, 0.15) is 6.92 Å². The first-order chi connectivity index (χ1) is 9.72. The molecule has 0 aliphatic heterocycles. The summed E-state index contributed by atoms with van der Waals surface area (Å²) in [5.41, 5.74) is -0.0723. The predicted octanol–water partition coefficient (Wildman–Crippen LogP) is 2.23. The number of H-pyrrole nitrogens is 1. The van der Waals surface area contributed by atoms with Gasteiger partial charge in [0, 0.05) is 23.8 Å². The highest BCUT2D eigenvalue weighted by Gasteiger charge is 2.06. The Morgan fingerprint density at radius 3 is 3.00 bits per heavy atom. The molecule has 0 saturated carbocycles. The lowest BCUT2D eigenvalue weighted by Crippen LogP contribution is -2.24. The van der Waals surface area contributed by atoms with Gasteiger partial charge in [0.1, 0.15) is 5.82 Å². The lowest BCUT2D eigenvalue weighted by atomic mass is 10.2. The van der Waals surface area contributed by atoms with E-state index < -0.39 is 0 Å². The Labute approximate surface area is 116 Å². The van der Waals surface area contributed by atoms with Gasteiger partial charge in [0.15, 0.2) is 0 Å². The van der Waals surface area contributed by atoms with E-state index in [1.165, 1.54) is 0 Å². The van der Waals surface area contributed by atoms with Gasteiger partial charge in [0.2, 0.25) is 0 Å². The van der Waals surface area contributed by atoms with E-state index in [4.69, 9.17) is 0 Å². The van der Waals surface area contributed by atoms with E-state index in [0.29, 0.717) is 5.39 Å². The summed E-state index contributed by atoms with van der Waals surface area (Å²) in [6, 6.07) is 11.6. The molecule has 3 aromatic rings. The van der Waals surface area contributed by atoms with Crippen LogP contribution in [0.2, 0.25) is 0 Å². The average Bonchev–Trinajstić information content (AvgIpc) is 2.91. The molecule has 0 aliphatic rings. The molecule has 0 saturated heterocycles. The molecule has 0 bridgehead atoms. The van der Waals surface area contributed by atoms with Gasteiger partial charge in [-0.05, 0) is 30.5 Å². The Morgan fingerprint density at radius 2 is 2.20 bits per heavy atom. The van der Waals surface area contributed by atoms with E-state index in [1.807, 2.05) is 47.3 Å². The number of rotatable bonds is 4. The lowest BCUT2D eigenvalue weighted by molar-refractivity contribution is 0.559. The first-order valence-corrected chi connectivity index (χ1v) is 6.58. The van der Waals surface area contributed by atoms with E-state index >= 15 is 0 Å². The van der Waals surface area contributed by atoms with E-state index in [0.717, 1.165) is 17.7 Å². The number of nitrogens with one attached hydrogen (secondary N) is 2. The number of pyridine rings is 1. The molecule has 3 rings (SSSR count). The summed E-state index contributed by atoms with van der Waals surface area (Å²) in [4.78, 5) is 14.8. The van der Waals surface area contributed by atoms with Crippen molar-refractivity contribution in [3.63, 3.8) is 0 Å². The monoisotopic (exact) mass is 268 g/mol. The van der Waals surface area contributed by atoms with E-state index in [-0.39, 0.29) is 11.6 Å². The van der Waals surface area contributed by atoms with Crippen LogP contribution in [0.5, 0.6) is 0 Å². The third-order valence-corrected chi connectivity index (χ3v) is 3.18. The number of hydrogen-bond donors (Lipinski definition) is 2. The molecule has 0 radical (unpaired) electrons. The molecule has 0 fully saturated rings. The molecule has 102 valence electrons. The normalized spacial score (nSPS) is 12.4. The fraction of sp³-hybridized carbons (Fsp3) is 0.200. The number of hydrogen-bond acceptors (Lipinski definition) is 3. The highest BCUT2D eigenvalue weighted by Crippen LogP contribution is 2.13. The van der Waals surface area contributed by atoms with Crippen molar-refractivity contribution in [3.05, 3.63) is 59.1 Å². The van der Waals surface area contributed by atoms with E-state index in [9.17, 15) is 4.79 Å². The molecule has 0 amide bonds. The van der Waals surface area contributed by atoms with Crippen LogP contribution in [-0.4, -0.2) is 20.8 Å². The van der Waals surface area contributed by atoms with E-state index in [1.54, 1.807) is 6.20 Å². The van der Waals surface area contributed by atoms with Gasteiger partial charge in [-0.3, -0.25) is 9.48 Å². The minimum absolute atomic E-state index is 0.0723. The Balaban J connectivity index is 1.82. The largest absolute Gasteiger partial charge is 0.367 e. The second-order valence-corrected chi connectivity index (χ2v) is 4.87. The van der Waals surface area contributed by atoms with Crippen LogP contribution in [0.15, 0.2) is 53.6 Å². The number of aromatic nitrogens is 3. The van der Waals surface area contributed by atoms with Crippen LogP contribution in [-0.2, 0) is 6.54 Å². The Morgan fingerprint density at radius 1 is 1.35 bits per heavy atom. The minimum atomic E-state index is -0.0723. The van der Waals surface area contributed by atoms with Crippen molar-refractivity contribution in [2.45, 2.75) is 19.5 Å². The van der Waals surface area contributed by atoms with Gasteiger partial charge < -0.3 is 10.3 Å². The smallest absolute Gasteiger partial charge is 0.257 e. The molecule has 2 N–H and O–H groups in total. The summed E-state index contributed by atoms with van der Waals surface area (Å²) in [6.45, 7) is 2.79. The maximum absolute atomic E-state index is 12.0. The van der Waals surface area contributed by atoms with Gasteiger partial charge in [-0.15, -0.1) is 0 Å². The molecule has 20 heavy (non-hydrogen) atoms. The lowest BCUT2D eigenvalue weighted by Gasteiger charge is -2.15. The zero-order chi connectivity index (χ0) is 13.9. The highest BCUT2D eigenvalue weighted by molar-refractivity contribution is 5.83. The van der Waals surface area contributed by atoms with Gasteiger partial charge in [-0.2, -0.15) is 5.10 Å². The van der Waals surface area contributed by atoms with Gasteiger partial charge in [0.05, 0.1) is 6.54 Å². The van der Waals surface area contributed by atoms with Crippen molar-refractivity contribution in [2.75, 3.05) is 5.32 Å². The predicted molar refractivity (Wildman–Crippen MR) is 79.9 cm³/mol. The SMILES string of the molecule is CC(Cn1cccn1)Nc1cc2ccccc2c(=O)[nH]1. The molecule has 5 nitrogen and oxygen atoms in total. The summed E-state index contributed by atoms with van der Waals surface area (Å²) >= 11 is 0. The first-order valence-electron chi connectivity index (χ1n) is 6.58. The molecule has 0 spiro atoms. The van der Waals surface area contributed by atoms with Crippen LogP contribution in [0.3, 0.4) is 0 Å². The average molecular weight is 268 g/mol. The molecule has 2 aromatic heterocycles. The van der Waals surface area contributed by atoms with Crippen LogP contribution in [0, 0.1) is 0 Å². The standard InChI is InChI=1S/C15H16N4O/c1-11(10-19-8-4-7-16-19)17-14-9-12-5-2-3-6-13(12)15(20)18-14/h2-9,11H,10H2,1H3,(H2,17,18,20). The van der Waals surface area contributed by atoms with E-state index in [2.05, 4.69) is 22.3 Å². The van der Waals surface area contributed by atoms with Crippen molar-refractivity contribution < 1.29 is 0 Å². The fourth-order valence-corrected chi connectivity index (χ4v) is 2.29. The minimum Gasteiger partial charge on any atom is -0.367 e. The third-order valence-electron chi connectivity index (χ3n) is 3.18. The van der Waals surface area contributed by atoms with Gasteiger partial charge in [0.25, 0.3) is 5.56 Å². The van der Waals surface area contributed by atoms with Crippen molar-refractivity contribution in [1.82, 2.24) is 14.8 Å². The quantitative estimate of drug-likeness (QED) is 0.762. The molecular formula is C15H16N4O. The van der Waals surface area contributed by atoms with Crippen LogP contribution in [0.4, 0.5) is 5.82 Å². The molecule has 2 heterocycles. The topological polar surface area (TPSA) is 62.7 Å². The number of anilines is 1. The number of aromatic amines is 1. The van der Waals surface area contributed by atoms with Gasteiger partial charge in [-0.1, -0.05) is 18.2 Å². The fourth-order valence-electron chi connectivity index (χ4n) is 2.29. The molecule has 0 aliphatic carbocycles. The third kappa shape index (κ3) is 2.56. The molecule has 5 heteroatoms. The second kappa shape index (κ2) is 5.21. The number of nitrogens with zero attached hydrogens (tertiary/aromatic N) is 2. The molecular weight excluding hydrogens is 252 g/mol. The maximum atomic E-state index is 12.0. The van der Waals surface area contributed by atoms with Crippen LogP contribution >= 0.6 is 0 Å². The first kappa shape index (κ1) is 12.5. The Bertz CT molecular complexity index is 761. The van der Waals surface area contributed by atoms with Crippen LogP contribution in [0.25, 0.3) is 10.8 Å². The zero-order valence-corrected chi connectivity index (χ0v) is 11.2. The molecule has 1 atom stereocenters. The Kier molecular flexibility index (Phi) is 3.25. The second-order valence-electron chi connectivity index (χ2n) is 4.87. The van der Waals surface area contributed by atoms with Crippen molar-refractivity contribution in [3.8, 4) is 0 Å². The zero-order valence-electron chi connectivity index (χ0n) is 11.2. The summed E-state index contributed by atoms with van der Waals surface area (Å²) < 4.78 is 1.86. The molecule has 1 aromatic carbocycles. The summed E-state index contributed by atoms with van der Waals surface area (Å²) in [6.07, 6.45) is 3.67. The summed E-state index contributed by atoms with van der Waals surface area (Å²) in [5, 5.41) is 9.11. The van der Waals surface area contributed by atoms with Crippen molar-refractivity contribution >= 4 is 16.6 Å². The van der Waals surface area contributed by atoms with Crippen molar-refractivity contribution in [2.24, 2.45) is 0 Å². The number of fused-ring (bicyclic) bond motifs is 1. The molecule has 1 unspecified atom stereocenters. The summed E-state index contributed by atoms with van der Waals surface area (Å²) in [5.74, 6) is 0.730. The number of benzene rings is 1. The van der Waals surface area contributed by atoms with Crippen LogP contribution < -0.4 is 10.9 Å². The Hall–Kier alpha value is -2.56. The van der Waals surface area contributed by atoms with Gasteiger partial charge >= 0.3 is 0 Å². The van der Waals surface area contributed by atoms with Gasteiger partial charge in [-0.25, -0.2) is 0 Å².